The van der Waals surface area contributed by atoms with Crippen molar-refractivity contribution in [2.45, 2.75) is 46.0 Å². The summed E-state index contributed by atoms with van der Waals surface area (Å²) in [4.78, 5) is 1.82. The molecule has 0 saturated carbocycles. The molecule has 0 unspecified atom stereocenters. The molecule has 1 fully saturated rings. The van der Waals surface area contributed by atoms with Crippen LogP contribution in [0, 0.1) is 0 Å². The monoisotopic (exact) mass is 193 g/mol. The number of hydrogen-bond acceptors (Lipinski definition) is 1. The number of unbranched alkanes of at least 4 members (excludes halogenated alkanes) is 2. The lowest BCUT2D eigenvalue weighted by Gasteiger charge is -2.38. The van der Waals surface area contributed by atoms with Gasteiger partial charge in [0.1, 0.15) is 0 Å². The average Bonchev–Trinajstić information content (AvgIpc) is 2.05. The zero-order valence-corrected chi connectivity index (χ0v) is 8.95. The van der Waals surface area contributed by atoms with Gasteiger partial charge in [-0.2, -0.15) is 0 Å². The van der Waals surface area contributed by atoms with E-state index in [1.165, 1.54) is 0 Å². The number of rotatable bonds is 4. The van der Waals surface area contributed by atoms with Crippen molar-refractivity contribution in [3.8, 4) is 0 Å². The molecule has 0 aromatic rings. The van der Waals surface area contributed by atoms with Crippen LogP contribution < -0.4 is 0 Å². The van der Waals surface area contributed by atoms with E-state index >= 15 is 0 Å². The summed E-state index contributed by atoms with van der Waals surface area (Å²) in [7, 11) is 0. The lowest BCUT2D eigenvalue weighted by Crippen LogP contribution is -2.56. The molecule has 1 rings (SSSR count). The fourth-order valence-corrected chi connectivity index (χ4v) is 1.35. The van der Waals surface area contributed by atoms with Gasteiger partial charge in [0.2, 0.25) is 0 Å². The molecule has 1 heterocycles. The van der Waals surface area contributed by atoms with Gasteiger partial charge in [0.25, 0.3) is 5.92 Å². The van der Waals surface area contributed by atoms with Gasteiger partial charge in [-0.3, -0.25) is 4.90 Å². The van der Waals surface area contributed by atoms with Crippen molar-refractivity contribution in [3.63, 3.8) is 0 Å². The van der Waals surface area contributed by atoms with Crippen molar-refractivity contribution in [1.29, 1.82) is 0 Å². The molecule has 3 heteroatoms. The van der Waals surface area contributed by atoms with Gasteiger partial charge in [0.15, 0.2) is 0 Å². The van der Waals surface area contributed by atoms with Crippen LogP contribution >= 0.6 is 0 Å². The SMILES string of the molecule is CC.CCCCCN1CC(F)(F)C1. The first-order valence-corrected chi connectivity index (χ1v) is 5.24. The predicted octanol–water partition coefficient (Wildman–Crippen LogP) is 3.15. The second kappa shape index (κ2) is 6.30. The summed E-state index contributed by atoms with van der Waals surface area (Å²) in [6, 6.07) is 0. The fourth-order valence-electron chi connectivity index (χ4n) is 1.35. The van der Waals surface area contributed by atoms with Gasteiger partial charge in [-0.25, -0.2) is 8.78 Å². The van der Waals surface area contributed by atoms with Crippen LogP contribution in [0.5, 0.6) is 0 Å². The predicted molar refractivity (Wildman–Crippen MR) is 52.3 cm³/mol. The summed E-state index contributed by atoms with van der Waals surface area (Å²) < 4.78 is 24.5. The van der Waals surface area contributed by atoms with Gasteiger partial charge in [0, 0.05) is 0 Å². The van der Waals surface area contributed by atoms with Crippen LogP contribution in [-0.4, -0.2) is 30.5 Å². The number of alkyl halides is 2. The minimum atomic E-state index is -2.38. The van der Waals surface area contributed by atoms with Crippen molar-refractivity contribution in [2.75, 3.05) is 19.6 Å². The van der Waals surface area contributed by atoms with E-state index in [-0.39, 0.29) is 13.1 Å². The Kier molecular flexibility index (Phi) is 6.21. The lowest BCUT2D eigenvalue weighted by molar-refractivity contribution is -0.130. The van der Waals surface area contributed by atoms with Crippen molar-refractivity contribution in [2.24, 2.45) is 0 Å². The van der Waals surface area contributed by atoms with Crippen LogP contribution in [0.3, 0.4) is 0 Å². The summed E-state index contributed by atoms with van der Waals surface area (Å²) in [5, 5.41) is 0. The molecule has 1 nitrogen and oxygen atoms in total. The van der Waals surface area contributed by atoms with Gasteiger partial charge in [-0.05, 0) is 13.0 Å². The highest BCUT2D eigenvalue weighted by Gasteiger charge is 2.42. The van der Waals surface area contributed by atoms with E-state index in [0.29, 0.717) is 0 Å². The summed E-state index contributed by atoms with van der Waals surface area (Å²) in [6.07, 6.45) is 3.37. The number of nitrogens with zero attached hydrogens (tertiary/aromatic N) is 1. The zero-order chi connectivity index (χ0) is 10.3. The lowest BCUT2D eigenvalue weighted by atomic mass is 10.1. The van der Waals surface area contributed by atoms with Gasteiger partial charge < -0.3 is 0 Å². The molecule has 0 spiro atoms. The van der Waals surface area contributed by atoms with Crippen molar-refractivity contribution in [3.05, 3.63) is 0 Å². The molecule has 0 aromatic carbocycles. The first-order valence-electron chi connectivity index (χ1n) is 5.24. The van der Waals surface area contributed by atoms with E-state index < -0.39 is 5.92 Å². The van der Waals surface area contributed by atoms with Crippen molar-refractivity contribution < 1.29 is 8.78 Å². The number of likely N-dealkylation sites (tertiary alicyclic amines) is 1. The highest BCUT2D eigenvalue weighted by Crippen LogP contribution is 2.26. The highest BCUT2D eigenvalue weighted by atomic mass is 19.3. The van der Waals surface area contributed by atoms with E-state index in [0.717, 1.165) is 25.8 Å². The molecule has 80 valence electrons. The van der Waals surface area contributed by atoms with Crippen LogP contribution in [0.1, 0.15) is 40.0 Å². The van der Waals surface area contributed by atoms with Gasteiger partial charge >= 0.3 is 0 Å². The summed E-state index contributed by atoms with van der Waals surface area (Å²) in [5.41, 5.74) is 0. The summed E-state index contributed by atoms with van der Waals surface area (Å²) in [6.45, 7) is 6.93. The van der Waals surface area contributed by atoms with Crippen molar-refractivity contribution >= 4 is 0 Å². The van der Waals surface area contributed by atoms with Crippen molar-refractivity contribution in [1.82, 2.24) is 4.90 Å². The number of halogens is 2. The Morgan fingerprint density at radius 3 is 2.08 bits per heavy atom. The molecule has 0 aromatic heterocycles. The first-order chi connectivity index (χ1) is 6.14. The molecule has 1 saturated heterocycles. The van der Waals surface area contributed by atoms with Crippen LogP contribution in [0.25, 0.3) is 0 Å². The van der Waals surface area contributed by atoms with Crippen LogP contribution in [-0.2, 0) is 0 Å². The minimum absolute atomic E-state index is 0.0171. The first kappa shape index (κ1) is 12.8. The Balaban J connectivity index is 0.000000671. The largest absolute Gasteiger partial charge is 0.291 e. The van der Waals surface area contributed by atoms with E-state index in [1.807, 2.05) is 18.7 Å². The molecule has 1 aliphatic rings. The molecular weight excluding hydrogens is 172 g/mol. The molecule has 1 aliphatic heterocycles. The number of hydrogen-bond donors (Lipinski definition) is 0. The molecule has 13 heavy (non-hydrogen) atoms. The molecule has 0 radical (unpaired) electrons. The smallest absolute Gasteiger partial charge is 0.272 e. The van der Waals surface area contributed by atoms with Crippen LogP contribution in [0.4, 0.5) is 8.78 Å². The topological polar surface area (TPSA) is 3.24 Å². The van der Waals surface area contributed by atoms with Crippen LogP contribution in [0.2, 0.25) is 0 Å². The Morgan fingerprint density at radius 1 is 1.15 bits per heavy atom. The van der Waals surface area contributed by atoms with E-state index in [1.54, 1.807) is 0 Å². The molecule has 0 N–H and O–H groups in total. The maximum atomic E-state index is 12.3. The molecule has 0 aliphatic carbocycles. The summed E-state index contributed by atoms with van der Waals surface area (Å²) in [5.74, 6) is -2.38. The Morgan fingerprint density at radius 2 is 1.69 bits per heavy atom. The maximum Gasteiger partial charge on any atom is 0.272 e. The molecule has 0 atom stereocenters. The maximum absolute atomic E-state index is 12.3. The zero-order valence-electron chi connectivity index (χ0n) is 8.95. The van der Waals surface area contributed by atoms with E-state index in [4.69, 9.17) is 0 Å². The Labute approximate surface area is 80.1 Å². The molecular formula is C10H21F2N. The Hall–Kier alpha value is -0.180. The normalized spacial score (nSPS) is 20.1. The fraction of sp³-hybridized carbons (Fsp3) is 1.00. The Bertz CT molecular complexity index is 118. The summed E-state index contributed by atoms with van der Waals surface area (Å²) >= 11 is 0. The second-order valence-corrected chi connectivity index (χ2v) is 3.27. The molecule has 0 bridgehead atoms. The quantitative estimate of drug-likeness (QED) is 0.620. The highest BCUT2D eigenvalue weighted by molar-refractivity contribution is 4.86. The van der Waals surface area contributed by atoms with E-state index in [9.17, 15) is 8.78 Å². The van der Waals surface area contributed by atoms with Gasteiger partial charge in [0.05, 0.1) is 13.1 Å². The van der Waals surface area contributed by atoms with E-state index in [2.05, 4.69) is 6.92 Å². The third-order valence-corrected chi connectivity index (χ3v) is 1.99. The third kappa shape index (κ3) is 5.19. The second-order valence-electron chi connectivity index (χ2n) is 3.27. The minimum Gasteiger partial charge on any atom is -0.291 e. The third-order valence-electron chi connectivity index (χ3n) is 1.99. The molecule has 0 amide bonds. The van der Waals surface area contributed by atoms with Crippen LogP contribution in [0.15, 0.2) is 0 Å². The average molecular weight is 193 g/mol. The van der Waals surface area contributed by atoms with Gasteiger partial charge in [-0.15, -0.1) is 0 Å². The standard InChI is InChI=1S/C8H15F2N.C2H6/c1-2-3-4-5-11-6-8(9,10)7-11;1-2/h2-7H2,1H3;1-2H3. The van der Waals surface area contributed by atoms with Gasteiger partial charge in [-0.1, -0.05) is 33.6 Å².